The molecule has 0 aliphatic heterocycles. The fourth-order valence-electron chi connectivity index (χ4n) is 3.58. The van der Waals surface area contributed by atoms with Crippen molar-refractivity contribution in [2.45, 2.75) is 53.4 Å². The quantitative estimate of drug-likeness (QED) is 0.0588. The van der Waals surface area contributed by atoms with E-state index in [9.17, 15) is 23.7 Å². The van der Waals surface area contributed by atoms with E-state index in [1.807, 2.05) is 13.8 Å². The van der Waals surface area contributed by atoms with E-state index in [1.54, 1.807) is 24.3 Å². The molecule has 11 nitrogen and oxygen atoms in total. The molecule has 1 atom stereocenters. The van der Waals surface area contributed by atoms with Gasteiger partial charge in [0.25, 0.3) is 6.47 Å². The normalized spacial score (nSPS) is 11.3. The van der Waals surface area contributed by atoms with Crippen LogP contribution in [0.15, 0.2) is 48.5 Å². The molecule has 0 bridgehead atoms. The number of ether oxygens (including phenoxy) is 4. The van der Waals surface area contributed by atoms with Gasteiger partial charge in [0.05, 0.1) is 39.0 Å². The van der Waals surface area contributed by atoms with E-state index < -0.39 is 37.6 Å². The van der Waals surface area contributed by atoms with E-state index in [1.165, 1.54) is 24.3 Å². The number of methoxy groups -OCH3 is 1. The molecule has 0 amide bonds. The lowest BCUT2D eigenvalue weighted by Gasteiger charge is -2.25. The fraction of sp³-hybridized carbons (Fsp3) is 0.467. The van der Waals surface area contributed by atoms with Gasteiger partial charge in [0.2, 0.25) is 0 Å². The topological polar surface area (TPSA) is 141 Å². The predicted molar refractivity (Wildman–Crippen MR) is 156 cm³/mol. The molecule has 1 unspecified atom stereocenters. The van der Waals surface area contributed by atoms with E-state index >= 15 is 0 Å². The lowest BCUT2D eigenvalue weighted by atomic mass is 10.1. The van der Waals surface area contributed by atoms with Gasteiger partial charge in [-0.1, -0.05) is 58.4 Å². The third-order valence-electron chi connectivity index (χ3n) is 5.78. The predicted octanol–water partition coefficient (Wildman–Crippen LogP) is 6.24. The number of hydrogen-bond donors (Lipinski definition) is 0. The van der Waals surface area contributed by atoms with Gasteiger partial charge in [-0.05, 0) is 43.5 Å². The Hall–Kier alpha value is -3.85. The zero-order valence-electron chi connectivity index (χ0n) is 23.6. The van der Waals surface area contributed by atoms with Crippen LogP contribution in [0.5, 0.6) is 11.5 Å². The second kappa shape index (κ2) is 19.3. The number of unbranched alkanes of at least 4 members (excludes halogenated alkanes) is 2. The summed E-state index contributed by atoms with van der Waals surface area (Å²) in [5.41, 5.74) is -0.00260. The number of carbonyl (C=O) groups excluding carboxylic acids is 4. The van der Waals surface area contributed by atoms with Gasteiger partial charge in [0.15, 0.2) is 0 Å². The van der Waals surface area contributed by atoms with Crippen molar-refractivity contribution in [3.05, 3.63) is 59.7 Å². The lowest BCUT2D eigenvalue weighted by Crippen LogP contribution is -2.25. The minimum Gasteiger partial charge on any atom is -0.469 e. The van der Waals surface area contributed by atoms with Gasteiger partial charge in [-0.25, -0.2) is 14.2 Å². The van der Waals surface area contributed by atoms with Crippen LogP contribution in [0.4, 0.5) is 0 Å². The third-order valence-corrected chi connectivity index (χ3v) is 7.62. The summed E-state index contributed by atoms with van der Waals surface area (Å²) in [4.78, 5) is 48.8. The van der Waals surface area contributed by atoms with Gasteiger partial charge in [-0.3, -0.25) is 9.59 Å². The maximum atomic E-state index is 14.4. The second-order valence-electron chi connectivity index (χ2n) is 8.92. The molecule has 2 rings (SSSR count). The first-order valence-corrected chi connectivity index (χ1v) is 15.1. The molecule has 0 spiro atoms. The molecule has 0 fully saturated rings. The van der Waals surface area contributed by atoms with Crippen molar-refractivity contribution < 1.29 is 51.7 Å². The molecule has 0 aromatic heterocycles. The first kappa shape index (κ1) is 36.2. The van der Waals surface area contributed by atoms with E-state index in [0.29, 0.717) is 12.8 Å². The number of para-hydroxylation sites is 2. The lowest BCUT2D eigenvalue weighted by molar-refractivity contribution is -0.146. The standard InChI is InChI=1S/C29H37O11P.CH4/c1-4-6-17-37-28(32)23-12-8-10-14-25(23)39-41(34,20-22(27(31)35-3)16-19-36-21-30)40-26-15-11-9-13-24(26)29(33)38-18-7-5-2;/h8-15,21-22H,4-7,16-20H2,1-3H3;1H4. The average molecular weight is 609 g/mol. The molecule has 2 aromatic carbocycles. The van der Waals surface area contributed by atoms with Gasteiger partial charge < -0.3 is 28.0 Å². The zero-order valence-corrected chi connectivity index (χ0v) is 24.5. The van der Waals surface area contributed by atoms with E-state index in [2.05, 4.69) is 0 Å². The second-order valence-corrected chi connectivity index (χ2v) is 10.9. The molecule has 0 radical (unpaired) electrons. The Morgan fingerprint density at radius 3 is 1.71 bits per heavy atom. The summed E-state index contributed by atoms with van der Waals surface area (Å²) in [7, 11) is -3.23. The molecule has 42 heavy (non-hydrogen) atoms. The molecule has 0 aliphatic carbocycles. The van der Waals surface area contributed by atoms with Gasteiger partial charge in [0.1, 0.15) is 22.6 Å². The van der Waals surface area contributed by atoms with Gasteiger partial charge in [0, 0.05) is 0 Å². The minimum absolute atomic E-state index is 0. The van der Waals surface area contributed by atoms with E-state index in [-0.39, 0.29) is 62.8 Å². The largest absolute Gasteiger partial charge is 0.469 e. The summed E-state index contributed by atoms with van der Waals surface area (Å²) in [6.45, 7) is 4.34. The van der Waals surface area contributed by atoms with E-state index in [4.69, 9.17) is 28.0 Å². The first-order valence-electron chi connectivity index (χ1n) is 13.4. The number of esters is 3. The fourth-order valence-corrected chi connectivity index (χ4v) is 5.55. The van der Waals surface area contributed by atoms with Crippen LogP contribution in [0.1, 0.15) is 74.1 Å². The summed E-state index contributed by atoms with van der Waals surface area (Å²) >= 11 is 0. The highest BCUT2D eigenvalue weighted by atomic mass is 31.2. The highest BCUT2D eigenvalue weighted by molar-refractivity contribution is 7.54. The van der Waals surface area contributed by atoms with Crippen molar-refractivity contribution in [2.75, 3.05) is 33.1 Å². The molecule has 0 saturated carbocycles. The van der Waals surface area contributed by atoms with Crippen LogP contribution >= 0.6 is 7.60 Å². The van der Waals surface area contributed by atoms with Crippen LogP contribution in [0.25, 0.3) is 0 Å². The highest BCUT2D eigenvalue weighted by Gasteiger charge is 2.38. The van der Waals surface area contributed by atoms with Crippen molar-refractivity contribution in [3.63, 3.8) is 0 Å². The summed E-state index contributed by atoms with van der Waals surface area (Å²) in [6, 6.07) is 12.0. The molecule has 0 saturated heterocycles. The molecule has 232 valence electrons. The van der Waals surface area contributed by atoms with Crippen LogP contribution in [-0.4, -0.2) is 57.5 Å². The average Bonchev–Trinajstić information content (AvgIpc) is 2.97. The number of rotatable bonds is 19. The molecule has 0 N–H and O–H groups in total. The van der Waals surface area contributed by atoms with Gasteiger partial charge in [-0.15, -0.1) is 0 Å². The Kier molecular flexibility index (Phi) is 16.6. The van der Waals surface area contributed by atoms with Crippen molar-refractivity contribution in [1.29, 1.82) is 0 Å². The molecule has 0 aliphatic rings. The molecular weight excluding hydrogens is 567 g/mol. The zero-order chi connectivity index (χ0) is 30.1. The minimum atomic E-state index is -4.39. The molecule has 12 heteroatoms. The Balaban J connectivity index is 0.00000882. The Morgan fingerprint density at radius 2 is 1.29 bits per heavy atom. The van der Waals surface area contributed by atoms with Crippen molar-refractivity contribution >= 4 is 32.0 Å². The van der Waals surface area contributed by atoms with Crippen LogP contribution in [-0.2, 0) is 33.1 Å². The van der Waals surface area contributed by atoms with Gasteiger partial charge in [-0.2, -0.15) is 0 Å². The summed E-state index contributed by atoms with van der Waals surface area (Å²) in [5, 5.41) is 0. The van der Waals surface area contributed by atoms with Gasteiger partial charge >= 0.3 is 25.5 Å². The highest BCUT2D eigenvalue weighted by Crippen LogP contribution is 2.52. The number of benzene rings is 2. The molecular formula is C30H41O11P. The summed E-state index contributed by atoms with van der Waals surface area (Å²) in [5.74, 6) is -3.42. The van der Waals surface area contributed by atoms with Crippen LogP contribution in [0, 0.1) is 5.92 Å². The molecule has 2 aromatic rings. The third kappa shape index (κ3) is 11.6. The molecule has 0 heterocycles. The smallest absolute Gasteiger partial charge is 0.431 e. The van der Waals surface area contributed by atoms with Crippen LogP contribution in [0.3, 0.4) is 0 Å². The Labute approximate surface area is 247 Å². The maximum Gasteiger partial charge on any atom is 0.431 e. The number of hydrogen-bond acceptors (Lipinski definition) is 11. The Bertz CT molecular complexity index is 1130. The van der Waals surface area contributed by atoms with Crippen molar-refractivity contribution in [3.8, 4) is 11.5 Å². The summed E-state index contributed by atoms with van der Waals surface area (Å²) < 4.78 is 46.4. The van der Waals surface area contributed by atoms with Crippen LogP contribution in [0.2, 0.25) is 0 Å². The summed E-state index contributed by atoms with van der Waals surface area (Å²) in [6.07, 6.45) is 2.37. The SMILES string of the molecule is C.CCCCOC(=O)c1ccccc1OP(=O)(CC(CCOC=O)C(=O)OC)Oc1ccccc1C(=O)OCCCC. The van der Waals surface area contributed by atoms with Crippen molar-refractivity contribution in [2.24, 2.45) is 5.92 Å². The maximum absolute atomic E-state index is 14.4. The Morgan fingerprint density at radius 1 is 0.810 bits per heavy atom. The number of carbonyl (C=O) groups is 4. The van der Waals surface area contributed by atoms with Crippen LogP contribution < -0.4 is 9.05 Å². The van der Waals surface area contributed by atoms with Crippen molar-refractivity contribution in [1.82, 2.24) is 0 Å². The monoisotopic (exact) mass is 608 g/mol. The van der Waals surface area contributed by atoms with E-state index in [0.717, 1.165) is 20.0 Å². The first-order chi connectivity index (χ1) is 19.8.